The lowest BCUT2D eigenvalue weighted by Gasteiger charge is -2.32. The van der Waals surface area contributed by atoms with E-state index in [0.29, 0.717) is 5.75 Å². The second-order valence-electron chi connectivity index (χ2n) is 7.66. The highest BCUT2D eigenvalue weighted by molar-refractivity contribution is 8.15. The Morgan fingerprint density at radius 1 is 1.14 bits per heavy atom. The van der Waals surface area contributed by atoms with Crippen molar-refractivity contribution in [3.05, 3.63) is 35.4 Å². The average Bonchev–Trinajstić information content (AvgIpc) is 2.27. The lowest BCUT2D eigenvalue weighted by molar-refractivity contribution is 0.402. The standard InChI is InChI=1S/C16H29ClN2OSSi/c1-16(2,3)22(6,7)18-21(17,20)13-15-10-8-14(9-11-15)12-19(4)5/h8-11H,12-13H2,1-7H3. The smallest absolute Gasteiger partial charge is 0.194 e. The van der Waals surface area contributed by atoms with Crippen LogP contribution in [0.25, 0.3) is 0 Å². The molecule has 0 heterocycles. The van der Waals surface area contributed by atoms with E-state index in [0.717, 1.165) is 12.1 Å². The fraction of sp³-hybridized carbons (Fsp3) is 0.625. The van der Waals surface area contributed by atoms with Crippen molar-refractivity contribution in [1.82, 2.24) is 4.90 Å². The minimum Gasteiger partial charge on any atom is -0.305 e. The molecular formula is C16H29ClN2OSSi. The molecule has 6 heteroatoms. The van der Waals surface area contributed by atoms with Gasteiger partial charge >= 0.3 is 0 Å². The van der Waals surface area contributed by atoms with Crippen LogP contribution >= 0.6 is 10.7 Å². The zero-order valence-electron chi connectivity index (χ0n) is 14.8. The molecular weight excluding hydrogens is 332 g/mol. The third-order valence-electron chi connectivity index (χ3n) is 4.07. The summed E-state index contributed by atoms with van der Waals surface area (Å²) in [5, 5.41) is 0.0418. The van der Waals surface area contributed by atoms with Gasteiger partial charge in [0.1, 0.15) is 8.94 Å². The van der Waals surface area contributed by atoms with E-state index in [1.165, 1.54) is 5.56 Å². The van der Waals surface area contributed by atoms with Gasteiger partial charge in [0.25, 0.3) is 0 Å². The van der Waals surface area contributed by atoms with Gasteiger partial charge in [-0.05, 0) is 54.0 Å². The zero-order valence-corrected chi connectivity index (χ0v) is 17.4. The first-order chi connectivity index (χ1) is 9.82. The summed E-state index contributed by atoms with van der Waals surface area (Å²) in [5.74, 6) is 0.309. The molecule has 1 aromatic rings. The maximum absolute atomic E-state index is 12.7. The lowest BCUT2D eigenvalue weighted by atomic mass is 10.1. The summed E-state index contributed by atoms with van der Waals surface area (Å²) in [6.07, 6.45) is 0. The molecule has 0 N–H and O–H groups in total. The molecule has 0 radical (unpaired) electrons. The number of halogens is 1. The zero-order chi connectivity index (χ0) is 17.2. The number of hydrogen-bond donors (Lipinski definition) is 0. The van der Waals surface area contributed by atoms with E-state index < -0.39 is 17.2 Å². The van der Waals surface area contributed by atoms with Gasteiger partial charge < -0.3 is 4.90 Å². The van der Waals surface area contributed by atoms with Crippen LogP contribution in [-0.2, 0) is 21.2 Å². The molecule has 1 atom stereocenters. The number of rotatable bonds is 5. The minimum atomic E-state index is -2.71. The molecule has 0 aromatic heterocycles. The highest BCUT2D eigenvalue weighted by atomic mass is 35.7. The normalized spacial score (nSPS) is 15.7. The summed E-state index contributed by atoms with van der Waals surface area (Å²) >= 11 is 0. The largest absolute Gasteiger partial charge is 0.305 e. The summed E-state index contributed by atoms with van der Waals surface area (Å²) < 4.78 is 17.3. The van der Waals surface area contributed by atoms with Crippen LogP contribution in [0.4, 0.5) is 0 Å². The van der Waals surface area contributed by atoms with Gasteiger partial charge in [0.15, 0.2) is 8.24 Å². The molecule has 0 saturated carbocycles. The van der Waals surface area contributed by atoms with Crippen LogP contribution in [0.2, 0.25) is 18.1 Å². The van der Waals surface area contributed by atoms with Gasteiger partial charge in [-0.3, -0.25) is 4.03 Å². The van der Waals surface area contributed by atoms with E-state index in [1.54, 1.807) is 0 Å². The second kappa shape index (κ2) is 7.03. The Bertz CT molecular complexity index is 612. The van der Waals surface area contributed by atoms with Gasteiger partial charge in [-0.1, -0.05) is 45.0 Å². The van der Waals surface area contributed by atoms with Crippen molar-refractivity contribution in [3.8, 4) is 0 Å². The van der Waals surface area contributed by atoms with Gasteiger partial charge in [0, 0.05) is 6.54 Å². The first-order valence-electron chi connectivity index (χ1n) is 7.50. The Hall–Kier alpha value is -0.363. The third-order valence-corrected chi connectivity index (χ3v) is 12.3. The predicted molar refractivity (Wildman–Crippen MR) is 101 cm³/mol. The summed E-state index contributed by atoms with van der Waals surface area (Å²) in [6.45, 7) is 11.6. The Balaban J connectivity index is 2.95. The minimum absolute atomic E-state index is 0.0418. The van der Waals surface area contributed by atoms with Crippen molar-refractivity contribution >= 4 is 27.9 Å². The molecule has 0 bridgehead atoms. The van der Waals surface area contributed by atoms with Gasteiger partial charge in [0.2, 0.25) is 0 Å². The van der Waals surface area contributed by atoms with E-state index >= 15 is 0 Å². The van der Waals surface area contributed by atoms with E-state index in [-0.39, 0.29) is 5.04 Å². The Morgan fingerprint density at radius 2 is 1.59 bits per heavy atom. The monoisotopic (exact) mass is 360 g/mol. The molecule has 0 aliphatic rings. The van der Waals surface area contributed by atoms with Crippen molar-refractivity contribution in [2.45, 2.75) is 51.2 Å². The molecule has 126 valence electrons. The summed E-state index contributed by atoms with van der Waals surface area (Å²) in [4.78, 5) is 2.12. The SMILES string of the molecule is CN(C)Cc1ccc(CS(=O)(Cl)=N[Si](C)(C)C(C)(C)C)cc1. The third kappa shape index (κ3) is 6.03. The van der Waals surface area contributed by atoms with E-state index in [4.69, 9.17) is 10.7 Å². The van der Waals surface area contributed by atoms with Gasteiger partial charge in [-0.15, -0.1) is 0 Å². The fourth-order valence-corrected chi connectivity index (χ4v) is 8.44. The maximum Gasteiger partial charge on any atom is 0.194 e. The van der Waals surface area contributed by atoms with Crippen molar-refractivity contribution in [2.24, 2.45) is 4.03 Å². The first-order valence-corrected chi connectivity index (χ1v) is 13.0. The van der Waals surface area contributed by atoms with E-state index in [2.05, 4.69) is 54.9 Å². The van der Waals surface area contributed by atoms with Gasteiger partial charge in [-0.25, -0.2) is 4.21 Å². The molecule has 0 aliphatic carbocycles. The Kier molecular flexibility index (Phi) is 6.29. The maximum atomic E-state index is 12.7. The molecule has 0 fully saturated rings. The Morgan fingerprint density at radius 3 is 2.00 bits per heavy atom. The number of benzene rings is 1. The van der Waals surface area contributed by atoms with Crippen LogP contribution in [0.5, 0.6) is 0 Å². The fourth-order valence-electron chi connectivity index (χ4n) is 1.82. The highest BCUT2D eigenvalue weighted by Gasteiger charge is 2.37. The molecule has 22 heavy (non-hydrogen) atoms. The molecule has 0 amide bonds. The van der Waals surface area contributed by atoms with Crippen LogP contribution in [0.3, 0.4) is 0 Å². The van der Waals surface area contributed by atoms with Crippen molar-refractivity contribution < 1.29 is 4.21 Å². The average molecular weight is 361 g/mol. The summed E-state index contributed by atoms with van der Waals surface area (Å²) in [5.41, 5.74) is 2.21. The summed E-state index contributed by atoms with van der Waals surface area (Å²) in [7, 11) is 5.62. The van der Waals surface area contributed by atoms with Gasteiger partial charge in [0.05, 0.1) is 5.75 Å². The molecule has 0 spiro atoms. The molecule has 3 nitrogen and oxygen atoms in total. The number of hydrogen-bond acceptors (Lipinski definition) is 3. The quantitative estimate of drug-likeness (QED) is 0.554. The van der Waals surface area contributed by atoms with Crippen LogP contribution in [0.1, 0.15) is 31.9 Å². The Labute approximate surface area is 141 Å². The molecule has 1 rings (SSSR count). The molecule has 0 aliphatic heterocycles. The topological polar surface area (TPSA) is 32.7 Å². The number of nitrogens with zero attached hydrogens (tertiary/aromatic N) is 2. The van der Waals surface area contributed by atoms with E-state index in [9.17, 15) is 4.21 Å². The van der Waals surface area contributed by atoms with Crippen LogP contribution in [0.15, 0.2) is 28.3 Å². The van der Waals surface area contributed by atoms with Crippen molar-refractivity contribution in [2.75, 3.05) is 14.1 Å². The predicted octanol–water partition coefficient (Wildman–Crippen LogP) is 4.88. The highest BCUT2D eigenvalue weighted by Crippen LogP contribution is 2.38. The van der Waals surface area contributed by atoms with Gasteiger partial charge in [-0.2, -0.15) is 0 Å². The molecule has 1 aromatic carbocycles. The van der Waals surface area contributed by atoms with Crippen LogP contribution in [-0.4, -0.2) is 31.4 Å². The van der Waals surface area contributed by atoms with E-state index in [1.807, 2.05) is 26.2 Å². The lowest BCUT2D eigenvalue weighted by Crippen LogP contribution is -2.36. The van der Waals surface area contributed by atoms with Crippen molar-refractivity contribution in [1.29, 1.82) is 0 Å². The van der Waals surface area contributed by atoms with Crippen LogP contribution < -0.4 is 0 Å². The second-order valence-corrected chi connectivity index (χ2v) is 15.9. The first kappa shape index (κ1) is 19.7. The molecule has 1 unspecified atom stereocenters. The summed E-state index contributed by atoms with van der Waals surface area (Å²) in [6, 6.07) is 8.13. The van der Waals surface area contributed by atoms with Crippen molar-refractivity contribution in [3.63, 3.8) is 0 Å². The molecule has 0 saturated heterocycles. The van der Waals surface area contributed by atoms with Crippen LogP contribution in [0, 0.1) is 0 Å².